The van der Waals surface area contributed by atoms with Crippen molar-refractivity contribution < 1.29 is 0 Å². The summed E-state index contributed by atoms with van der Waals surface area (Å²) in [6, 6.07) is 0. The highest BCUT2D eigenvalue weighted by Crippen LogP contribution is 2.14. The van der Waals surface area contributed by atoms with Crippen LogP contribution >= 0.6 is 0 Å². The summed E-state index contributed by atoms with van der Waals surface area (Å²) in [6.07, 6.45) is 7.60. The molecule has 0 heterocycles. The van der Waals surface area contributed by atoms with E-state index in [0.717, 1.165) is 23.4 Å². The third kappa shape index (κ3) is 3.94. The van der Waals surface area contributed by atoms with Crippen LogP contribution < -0.4 is 5.32 Å². The molecule has 1 heteroatoms. The Kier molecular flexibility index (Phi) is 6.21. The summed E-state index contributed by atoms with van der Waals surface area (Å²) in [7, 11) is 0. The zero-order valence-electron chi connectivity index (χ0n) is 9.14. The van der Waals surface area contributed by atoms with Gasteiger partial charge in [-0.3, -0.25) is 0 Å². The van der Waals surface area contributed by atoms with Crippen molar-refractivity contribution in [1.82, 2.24) is 5.32 Å². The summed E-state index contributed by atoms with van der Waals surface area (Å²) >= 11 is 0. The molecule has 0 fully saturated rings. The average Bonchev–Trinajstić information content (AvgIpc) is 2.21. The maximum atomic E-state index is 3.93. The number of hydrogen-bond acceptors (Lipinski definition) is 1. The first kappa shape index (κ1) is 12.5. The van der Waals surface area contributed by atoms with E-state index in [4.69, 9.17) is 0 Å². The second kappa shape index (κ2) is 6.96. The second-order valence-electron chi connectivity index (χ2n) is 2.94. The van der Waals surface area contributed by atoms with Crippen molar-refractivity contribution in [1.29, 1.82) is 0 Å². The topological polar surface area (TPSA) is 12.0 Å². The van der Waals surface area contributed by atoms with Gasteiger partial charge in [-0.15, -0.1) is 6.58 Å². The number of allylic oxidation sites excluding steroid dienone is 6. The fourth-order valence-corrected chi connectivity index (χ4v) is 1.07. The lowest BCUT2D eigenvalue weighted by Gasteiger charge is -2.09. The van der Waals surface area contributed by atoms with Gasteiger partial charge in [0.1, 0.15) is 0 Å². The molecule has 1 nitrogen and oxygen atoms in total. The maximum Gasteiger partial charge on any atom is 0.0325 e. The van der Waals surface area contributed by atoms with Crippen molar-refractivity contribution in [3.63, 3.8) is 0 Å². The molecule has 0 amide bonds. The molecule has 0 radical (unpaired) electrons. The molecule has 0 saturated carbocycles. The Morgan fingerprint density at radius 3 is 2.43 bits per heavy atom. The molecule has 0 aromatic rings. The second-order valence-corrected chi connectivity index (χ2v) is 2.94. The summed E-state index contributed by atoms with van der Waals surface area (Å²) in [5, 5.41) is 3.23. The summed E-state index contributed by atoms with van der Waals surface area (Å²) < 4.78 is 0. The zero-order chi connectivity index (χ0) is 11.0. The van der Waals surface area contributed by atoms with E-state index >= 15 is 0 Å². The molecule has 0 bridgehead atoms. The van der Waals surface area contributed by atoms with E-state index in [1.54, 1.807) is 6.08 Å². The van der Waals surface area contributed by atoms with Crippen LogP contribution in [0.3, 0.4) is 0 Å². The van der Waals surface area contributed by atoms with Gasteiger partial charge in [0.25, 0.3) is 0 Å². The van der Waals surface area contributed by atoms with E-state index in [1.165, 1.54) is 0 Å². The van der Waals surface area contributed by atoms with Gasteiger partial charge in [-0.25, -0.2) is 0 Å². The standard InChI is InChI=1S/C13H19N/c1-6-9-13(11(4)8-3)12(5)14-10-7-2/h6-9,14H,2-4,10H2,1,5H3/b9-6-,13-12-. The molecule has 1 N–H and O–H groups in total. The molecule has 0 atom stereocenters. The Bertz CT molecular complexity index is 280. The largest absolute Gasteiger partial charge is 0.385 e. The van der Waals surface area contributed by atoms with Gasteiger partial charge in [0, 0.05) is 12.2 Å². The Hall–Kier alpha value is -1.50. The van der Waals surface area contributed by atoms with Crippen LogP contribution in [0.25, 0.3) is 0 Å². The Labute approximate surface area is 87.2 Å². The van der Waals surface area contributed by atoms with Gasteiger partial charge in [0.2, 0.25) is 0 Å². The minimum atomic E-state index is 0.761. The SMILES string of the molecule is C=CCN/C(C)=C(/C=C\C)C(=C)C=C. The fourth-order valence-electron chi connectivity index (χ4n) is 1.07. The molecule has 0 aromatic heterocycles. The summed E-state index contributed by atoms with van der Waals surface area (Å²) in [4.78, 5) is 0. The van der Waals surface area contributed by atoms with Crippen molar-refractivity contribution in [2.45, 2.75) is 13.8 Å². The predicted molar refractivity (Wildman–Crippen MR) is 65.1 cm³/mol. The van der Waals surface area contributed by atoms with Crippen LogP contribution in [0.15, 0.2) is 60.9 Å². The molecule has 0 unspecified atom stereocenters. The summed E-state index contributed by atoms with van der Waals surface area (Å²) in [6.45, 7) is 16.1. The van der Waals surface area contributed by atoms with E-state index < -0.39 is 0 Å². The van der Waals surface area contributed by atoms with Crippen LogP contribution in [-0.4, -0.2) is 6.54 Å². The van der Waals surface area contributed by atoms with Gasteiger partial charge >= 0.3 is 0 Å². The van der Waals surface area contributed by atoms with Crippen LogP contribution in [0.4, 0.5) is 0 Å². The molecule has 76 valence electrons. The van der Waals surface area contributed by atoms with Crippen molar-refractivity contribution >= 4 is 0 Å². The third-order valence-corrected chi connectivity index (χ3v) is 1.84. The molecule has 0 aliphatic carbocycles. The molecule has 0 aliphatic rings. The van der Waals surface area contributed by atoms with Gasteiger partial charge in [-0.05, 0) is 25.0 Å². The van der Waals surface area contributed by atoms with Crippen LogP contribution in [0, 0.1) is 0 Å². The quantitative estimate of drug-likeness (QED) is 0.499. The first-order valence-electron chi connectivity index (χ1n) is 4.67. The molecule has 0 aromatic carbocycles. The van der Waals surface area contributed by atoms with E-state index in [1.807, 2.05) is 32.1 Å². The Balaban J connectivity index is 4.83. The van der Waals surface area contributed by atoms with E-state index in [2.05, 4.69) is 25.1 Å². The molecule has 0 spiro atoms. The van der Waals surface area contributed by atoms with Gasteiger partial charge < -0.3 is 5.32 Å². The van der Waals surface area contributed by atoms with E-state index in [0.29, 0.717) is 0 Å². The smallest absolute Gasteiger partial charge is 0.0325 e. The molecular formula is C13H19N. The van der Waals surface area contributed by atoms with E-state index in [9.17, 15) is 0 Å². The summed E-state index contributed by atoms with van der Waals surface area (Å²) in [5.41, 5.74) is 3.11. The molecular weight excluding hydrogens is 170 g/mol. The Morgan fingerprint density at radius 1 is 1.36 bits per heavy atom. The van der Waals surface area contributed by atoms with Gasteiger partial charge in [0.05, 0.1) is 0 Å². The lowest BCUT2D eigenvalue weighted by Crippen LogP contribution is -2.12. The Morgan fingerprint density at radius 2 is 2.00 bits per heavy atom. The number of rotatable bonds is 6. The minimum absolute atomic E-state index is 0.761. The van der Waals surface area contributed by atoms with Gasteiger partial charge in [-0.1, -0.05) is 37.5 Å². The number of hydrogen-bond donors (Lipinski definition) is 1. The van der Waals surface area contributed by atoms with Crippen LogP contribution in [0.1, 0.15) is 13.8 Å². The highest BCUT2D eigenvalue weighted by Gasteiger charge is 1.99. The number of nitrogens with one attached hydrogen (secondary N) is 1. The van der Waals surface area contributed by atoms with Gasteiger partial charge in [-0.2, -0.15) is 0 Å². The fraction of sp³-hybridized carbons (Fsp3) is 0.231. The first-order chi connectivity index (χ1) is 6.67. The highest BCUT2D eigenvalue weighted by atomic mass is 14.9. The van der Waals surface area contributed by atoms with Crippen molar-refractivity contribution in [2.24, 2.45) is 0 Å². The van der Waals surface area contributed by atoms with Crippen molar-refractivity contribution in [2.75, 3.05) is 6.54 Å². The normalized spacial score (nSPS) is 12.1. The average molecular weight is 189 g/mol. The third-order valence-electron chi connectivity index (χ3n) is 1.84. The molecule has 0 rings (SSSR count). The lowest BCUT2D eigenvalue weighted by atomic mass is 10.1. The monoisotopic (exact) mass is 189 g/mol. The van der Waals surface area contributed by atoms with Crippen LogP contribution in [-0.2, 0) is 0 Å². The minimum Gasteiger partial charge on any atom is -0.385 e. The van der Waals surface area contributed by atoms with Crippen LogP contribution in [0.2, 0.25) is 0 Å². The highest BCUT2D eigenvalue weighted by molar-refractivity contribution is 5.46. The van der Waals surface area contributed by atoms with Crippen molar-refractivity contribution in [3.05, 3.63) is 60.9 Å². The summed E-state index contributed by atoms with van der Waals surface area (Å²) in [5.74, 6) is 0. The molecule has 0 aliphatic heterocycles. The van der Waals surface area contributed by atoms with Gasteiger partial charge in [0.15, 0.2) is 0 Å². The van der Waals surface area contributed by atoms with Crippen molar-refractivity contribution in [3.8, 4) is 0 Å². The first-order valence-corrected chi connectivity index (χ1v) is 4.67. The van der Waals surface area contributed by atoms with E-state index in [-0.39, 0.29) is 0 Å². The molecule has 14 heavy (non-hydrogen) atoms. The zero-order valence-corrected chi connectivity index (χ0v) is 9.14. The lowest BCUT2D eigenvalue weighted by molar-refractivity contribution is 0.895. The van der Waals surface area contributed by atoms with Crippen LogP contribution in [0.5, 0.6) is 0 Å². The predicted octanol–water partition coefficient (Wildman–Crippen LogP) is 3.35. The molecule has 0 saturated heterocycles. The maximum absolute atomic E-state index is 3.93.